The van der Waals surface area contributed by atoms with E-state index in [-0.39, 0.29) is 30.0 Å². The SMILES string of the molecule is CCc1ccc(C(C)NC(=NC)NCc2ccc(C#N)cc2F)cc1.I. The first-order valence-corrected chi connectivity index (χ1v) is 8.32. The molecule has 0 aromatic heterocycles. The average molecular weight is 466 g/mol. The van der Waals surface area contributed by atoms with Gasteiger partial charge >= 0.3 is 0 Å². The van der Waals surface area contributed by atoms with Crippen molar-refractivity contribution < 1.29 is 4.39 Å². The van der Waals surface area contributed by atoms with Crippen molar-refractivity contribution in [2.45, 2.75) is 32.9 Å². The summed E-state index contributed by atoms with van der Waals surface area (Å²) in [7, 11) is 1.68. The molecule has 26 heavy (non-hydrogen) atoms. The molecule has 0 aliphatic rings. The summed E-state index contributed by atoms with van der Waals surface area (Å²) in [4.78, 5) is 4.19. The zero-order valence-corrected chi connectivity index (χ0v) is 17.5. The van der Waals surface area contributed by atoms with Crippen LogP contribution in [0, 0.1) is 17.1 Å². The lowest BCUT2D eigenvalue weighted by molar-refractivity contribution is 0.602. The number of aryl methyl sites for hydroxylation is 1. The molecule has 1 unspecified atom stereocenters. The van der Waals surface area contributed by atoms with Crippen molar-refractivity contribution >= 4 is 29.9 Å². The van der Waals surface area contributed by atoms with Crippen molar-refractivity contribution in [3.8, 4) is 6.07 Å². The Labute approximate surface area is 171 Å². The first kappa shape index (κ1) is 21.9. The number of hydrogen-bond acceptors (Lipinski definition) is 2. The van der Waals surface area contributed by atoms with Crippen molar-refractivity contribution in [2.75, 3.05) is 7.05 Å². The topological polar surface area (TPSA) is 60.2 Å². The summed E-state index contributed by atoms with van der Waals surface area (Å²) >= 11 is 0. The normalized spacial score (nSPS) is 11.9. The van der Waals surface area contributed by atoms with E-state index < -0.39 is 5.82 Å². The van der Waals surface area contributed by atoms with Crippen molar-refractivity contribution in [3.05, 3.63) is 70.5 Å². The molecule has 0 saturated heterocycles. The van der Waals surface area contributed by atoms with E-state index in [1.807, 2.05) is 6.07 Å². The predicted molar refractivity (Wildman–Crippen MR) is 114 cm³/mol. The van der Waals surface area contributed by atoms with Gasteiger partial charge in [-0.25, -0.2) is 4.39 Å². The summed E-state index contributed by atoms with van der Waals surface area (Å²) in [6.07, 6.45) is 1.02. The van der Waals surface area contributed by atoms with Crippen LogP contribution in [0.5, 0.6) is 0 Å². The van der Waals surface area contributed by atoms with Crippen LogP contribution in [-0.4, -0.2) is 13.0 Å². The quantitative estimate of drug-likeness (QED) is 0.393. The standard InChI is InChI=1S/C20H23FN4.HI/c1-4-15-5-8-17(9-6-15)14(2)25-20(23-3)24-13-18-10-7-16(12-22)11-19(18)21;/h5-11,14H,4,13H2,1-3H3,(H2,23,24,25);1H. The molecule has 0 heterocycles. The Balaban J connectivity index is 0.00000338. The summed E-state index contributed by atoms with van der Waals surface area (Å²) in [5.74, 6) is 0.195. The van der Waals surface area contributed by atoms with E-state index in [0.717, 1.165) is 12.0 Å². The zero-order chi connectivity index (χ0) is 18.2. The summed E-state index contributed by atoms with van der Waals surface area (Å²) in [5, 5.41) is 15.2. The van der Waals surface area contributed by atoms with Gasteiger partial charge in [-0.1, -0.05) is 37.3 Å². The maximum Gasteiger partial charge on any atom is 0.191 e. The van der Waals surface area contributed by atoms with Crippen LogP contribution in [0.15, 0.2) is 47.5 Å². The minimum absolute atomic E-state index is 0. The Morgan fingerprint density at radius 3 is 2.46 bits per heavy atom. The van der Waals surface area contributed by atoms with Gasteiger partial charge in [0.15, 0.2) is 5.96 Å². The van der Waals surface area contributed by atoms with Crippen LogP contribution >= 0.6 is 24.0 Å². The highest BCUT2D eigenvalue weighted by molar-refractivity contribution is 14.0. The molecule has 6 heteroatoms. The fourth-order valence-electron chi connectivity index (χ4n) is 2.46. The first-order chi connectivity index (χ1) is 12.1. The third kappa shape index (κ3) is 5.99. The number of aliphatic imine (C=N–C) groups is 1. The molecule has 138 valence electrons. The van der Waals surface area contributed by atoms with E-state index in [9.17, 15) is 4.39 Å². The summed E-state index contributed by atoms with van der Waals surface area (Å²) in [6, 6.07) is 14.9. The highest BCUT2D eigenvalue weighted by Gasteiger charge is 2.09. The number of nitriles is 1. The van der Waals surface area contributed by atoms with Crippen molar-refractivity contribution in [2.24, 2.45) is 4.99 Å². The Hall–Kier alpha value is -2.14. The highest BCUT2D eigenvalue weighted by Crippen LogP contribution is 2.14. The van der Waals surface area contributed by atoms with E-state index in [1.165, 1.54) is 11.6 Å². The van der Waals surface area contributed by atoms with Gasteiger partial charge in [-0.3, -0.25) is 4.99 Å². The number of nitrogens with zero attached hydrogens (tertiary/aromatic N) is 2. The van der Waals surface area contributed by atoms with Gasteiger partial charge in [-0.05, 0) is 36.6 Å². The Morgan fingerprint density at radius 1 is 1.23 bits per heavy atom. The molecule has 0 amide bonds. The maximum atomic E-state index is 13.9. The Kier molecular flexibility index (Phi) is 9.07. The Bertz CT molecular complexity index is 781. The van der Waals surface area contributed by atoms with Gasteiger partial charge in [0.2, 0.25) is 0 Å². The molecule has 2 aromatic rings. The minimum Gasteiger partial charge on any atom is -0.352 e. The number of hydrogen-bond donors (Lipinski definition) is 2. The predicted octanol–water partition coefficient (Wildman–Crippen LogP) is 4.30. The van der Waals surface area contributed by atoms with Crippen LogP contribution in [-0.2, 0) is 13.0 Å². The van der Waals surface area contributed by atoms with Crippen LogP contribution in [0.3, 0.4) is 0 Å². The molecule has 0 saturated carbocycles. The molecule has 2 aromatic carbocycles. The van der Waals surface area contributed by atoms with Gasteiger partial charge in [0.1, 0.15) is 5.82 Å². The van der Waals surface area contributed by atoms with Gasteiger partial charge in [-0.15, -0.1) is 24.0 Å². The molecular formula is C20H24FIN4. The fraction of sp³-hybridized carbons (Fsp3) is 0.300. The molecule has 0 spiro atoms. The van der Waals surface area contributed by atoms with E-state index >= 15 is 0 Å². The molecule has 0 aliphatic carbocycles. The lowest BCUT2D eigenvalue weighted by Crippen LogP contribution is -2.38. The number of rotatable bonds is 5. The second kappa shape index (κ2) is 10.8. The van der Waals surface area contributed by atoms with Gasteiger partial charge in [-0.2, -0.15) is 5.26 Å². The maximum absolute atomic E-state index is 13.9. The zero-order valence-electron chi connectivity index (χ0n) is 15.2. The third-order valence-corrected chi connectivity index (χ3v) is 4.09. The van der Waals surface area contributed by atoms with Crippen molar-refractivity contribution in [1.82, 2.24) is 10.6 Å². The third-order valence-electron chi connectivity index (χ3n) is 4.09. The summed E-state index contributed by atoms with van der Waals surface area (Å²) in [6.45, 7) is 4.47. The van der Waals surface area contributed by atoms with Crippen molar-refractivity contribution in [1.29, 1.82) is 5.26 Å². The smallest absolute Gasteiger partial charge is 0.191 e. The number of benzene rings is 2. The van der Waals surface area contributed by atoms with Gasteiger partial charge in [0.05, 0.1) is 17.7 Å². The van der Waals surface area contributed by atoms with Crippen LogP contribution < -0.4 is 10.6 Å². The van der Waals surface area contributed by atoms with E-state index in [1.54, 1.807) is 19.2 Å². The molecule has 0 radical (unpaired) electrons. The van der Waals surface area contributed by atoms with Gasteiger partial charge < -0.3 is 10.6 Å². The molecule has 2 rings (SSSR count). The number of guanidine groups is 1. The Morgan fingerprint density at radius 2 is 1.92 bits per heavy atom. The number of halogens is 2. The van der Waals surface area contributed by atoms with E-state index in [4.69, 9.17) is 5.26 Å². The second-order valence-corrected chi connectivity index (χ2v) is 5.80. The molecule has 2 N–H and O–H groups in total. The van der Waals surface area contributed by atoms with Crippen LogP contribution in [0.25, 0.3) is 0 Å². The van der Waals surface area contributed by atoms with Gasteiger partial charge in [0, 0.05) is 19.2 Å². The van der Waals surface area contributed by atoms with E-state index in [2.05, 4.69) is 53.7 Å². The highest BCUT2D eigenvalue weighted by atomic mass is 127. The molecular weight excluding hydrogens is 442 g/mol. The van der Waals surface area contributed by atoms with Crippen molar-refractivity contribution in [3.63, 3.8) is 0 Å². The molecule has 4 nitrogen and oxygen atoms in total. The lowest BCUT2D eigenvalue weighted by Gasteiger charge is -2.19. The average Bonchev–Trinajstić information content (AvgIpc) is 2.65. The fourth-order valence-corrected chi connectivity index (χ4v) is 2.46. The summed E-state index contributed by atoms with van der Waals surface area (Å²) in [5.41, 5.74) is 3.26. The number of nitrogens with one attached hydrogen (secondary N) is 2. The van der Waals surface area contributed by atoms with Crippen LogP contribution in [0.2, 0.25) is 0 Å². The molecule has 0 aliphatic heterocycles. The van der Waals surface area contributed by atoms with E-state index in [0.29, 0.717) is 23.6 Å². The van der Waals surface area contributed by atoms with Crippen LogP contribution in [0.4, 0.5) is 4.39 Å². The first-order valence-electron chi connectivity index (χ1n) is 8.32. The van der Waals surface area contributed by atoms with Crippen LogP contribution in [0.1, 0.15) is 42.1 Å². The lowest BCUT2D eigenvalue weighted by atomic mass is 10.1. The molecule has 0 bridgehead atoms. The molecule has 1 atom stereocenters. The summed E-state index contributed by atoms with van der Waals surface area (Å²) < 4.78 is 13.9. The van der Waals surface area contributed by atoms with Gasteiger partial charge in [0.25, 0.3) is 0 Å². The second-order valence-electron chi connectivity index (χ2n) is 5.80. The minimum atomic E-state index is -0.398. The monoisotopic (exact) mass is 466 g/mol. The largest absolute Gasteiger partial charge is 0.352 e. The molecule has 0 fully saturated rings.